The highest BCUT2D eigenvalue weighted by Gasteiger charge is 2.28. The molecule has 0 unspecified atom stereocenters. The van der Waals surface area contributed by atoms with Crippen molar-refractivity contribution in [1.29, 1.82) is 0 Å². The summed E-state index contributed by atoms with van der Waals surface area (Å²) in [5.74, 6) is -4.91. The molecule has 11 nitrogen and oxygen atoms in total. The Hall–Kier alpha value is -3.47. The second-order valence-corrected chi connectivity index (χ2v) is 6.69. The molecule has 0 aliphatic heterocycles. The van der Waals surface area contributed by atoms with Gasteiger partial charge >= 0.3 is 11.9 Å². The quantitative estimate of drug-likeness (QED) is 0.226. The number of carboxylic acid groups (broad SMARTS) is 2. The summed E-state index contributed by atoms with van der Waals surface area (Å²) in [6.45, 7) is 0. The van der Waals surface area contributed by atoms with Crippen molar-refractivity contribution in [2.24, 2.45) is 11.5 Å². The van der Waals surface area contributed by atoms with Crippen LogP contribution in [0.15, 0.2) is 30.3 Å². The van der Waals surface area contributed by atoms with Crippen LogP contribution in [0.1, 0.15) is 31.2 Å². The third-order valence-electron chi connectivity index (χ3n) is 4.21. The first-order chi connectivity index (χ1) is 14.1. The van der Waals surface area contributed by atoms with E-state index in [1.807, 2.05) is 0 Å². The molecule has 0 aliphatic rings. The first kappa shape index (κ1) is 24.6. The van der Waals surface area contributed by atoms with Gasteiger partial charge in [0.25, 0.3) is 0 Å². The average molecular weight is 422 g/mol. The molecule has 0 bridgehead atoms. The fourth-order valence-corrected chi connectivity index (χ4v) is 2.59. The van der Waals surface area contributed by atoms with E-state index in [2.05, 4.69) is 10.6 Å². The summed E-state index contributed by atoms with van der Waals surface area (Å²) in [6, 6.07) is 5.17. The van der Waals surface area contributed by atoms with E-state index in [9.17, 15) is 29.1 Å². The zero-order valence-electron chi connectivity index (χ0n) is 16.2. The van der Waals surface area contributed by atoms with Crippen LogP contribution in [0.25, 0.3) is 0 Å². The highest BCUT2D eigenvalue weighted by molar-refractivity contribution is 5.92. The lowest BCUT2D eigenvalue weighted by Crippen LogP contribution is -2.55. The van der Waals surface area contributed by atoms with Gasteiger partial charge in [0.15, 0.2) is 0 Å². The molecule has 1 aromatic carbocycles. The summed E-state index contributed by atoms with van der Waals surface area (Å²) in [4.78, 5) is 57.9. The molecule has 0 radical (unpaired) electrons. The zero-order chi connectivity index (χ0) is 22.7. The molecule has 0 saturated heterocycles. The molecule has 3 atom stereocenters. The Balaban J connectivity index is 2.81. The molecule has 164 valence electrons. The lowest BCUT2D eigenvalue weighted by atomic mass is 10.0. The Morgan fingerprint density at radius 2 is 1.43 bits per heavy atom. The number of hydrogen-bond donors (Lipinski definition) is 6. The number of carbonyl (C=O) groups excluding carboxylic acids is 3. The Morgan fingerprint density at radius 1 is 0.867 bits per heavy atom. The van der Waals surface area contributed by atoms with E-state index < -0.39 is 54.2 Å². The summed E-state index contributed by atoms with van der Waals surface area (Å²) in [5, 5.41) is 22.7. The van der Waals surface area contributed by atoms with Crippen LogP contribution in [0.4, 0.5) is 0 Å². The topological polar surface area (TPSA) is 202 Å². The molecular formula is C19H26N4O7. The van der Waals surface area contributed by atoms with Gasteiger partial charge in [0.05, 0.1) is 6.04 Å². The van der Waals surface area contributed by atoms with E-state index in [1.165, 1.54) is 0 Å². The lowest BCUT2D eigenvalue weighted by molar-refractivity contribution is -0.143. The maximum Gasteiger partial charge on any atom is 0.326 e. The van der Waals surface area contributed by atoms with E-state index in [4.69, 9.17) is 16.6 Å². The fraction of sp³-hybridized carbons (Fsp3) is 0.421. The van der Waals surface area contributed by atoms with Gasteiger partial charge in [-0.25, -0.2) is 4.79 Å². The molecule has 0 saturated carbocycles. The van der Waals surface area contributed by atoms with E-state index in [0.29, 0.717) is 0 Å². The highest BCUT2D eigenvalue weighted by Crippen LogP contribution is 2.05. The second kappa shape index (κ2) is 12.2. The van der Waals surface area contributed by atoms with Crippen LogP contribution >= 0.6 is 0 Å². The minimum absolute atomic E-state index is 0.191. The Labute approximate surface area is 172 Å². The Morgan fingerprint density at radius 3 is 1.97 bits per heavy atom. The third-order valence-corrected chi connectivity index (χ3v) is 4.21. The van der Waals surface area contributed by atoms with Crippen LogP contribution in [0, 0.1) is 0 Å². The maximum atomic E-state index is 12.5. The van der Waals surface area contributed by atoms with Crippen LogP contribution in [0.5, 0.6) is 0 Å². The normalized spacial score (nSPS) is 13.5. The van der Waals surface area contributed by atoms with Crippen molar-refractivity contribution < 1.29 is 34.2 Å². The van der Waals surface area contributed by atoms with Gasteiger partial charge in [-0.3, -0.25) is 19.2 Å². The van der Waals surface area contributed by atoms with Gasteiger partial charge in [0, 0.05) is 12.8 Å². The van der Waals surface area contributed by atoms with Gasteiger partial charge in [-0.15, -0.1) is 0 Å². The number of primary amides is 1. The largest absolute Gasteiger partial charge is 0.481 e. The van der Waals surface area contributed by atoms with Gasteiger partial charge in [-0.2, -0.15) is 0 Å². The van der Waals surface area contributed by atoms with Gasteiger partial charge in [-0.1, -0.05) is 30.3 Å². The highest BCUT2D eigenvalue weighted by atomic mass is 16.4. The predicted molar refractivity (Wildman–Crippen MR) is 105 cm³/mol. The van der Waals surface area contributed by atoms with Crippen molar-refractivity contribution in [1.82, 2.24) is 10.6 Å². The number of aliphatic carboxylic acids is 2. The number of nitrogens with two attached hydrogens (primary N) is 2. The summed E-state index contributed by atoms with van der Waals surface area (Å²) >= 11 is 0. The lowest BCUT2D eigenvalue weighted by Gasteiger charge is -2.22. The summed E-state index contributed by atoms with van der Waals surface area (Å²) < 4.78 is 0. The monoisotopic (exact) mass is 422 g/mol. The van der Waals surface area contributed by atoms with Crippen LogP contribution in [0.3, 0.4) is 0 Å². The van der Waals surface area contributed by atoms with Gasteiger partial charge in [0.1, 0.15) is 12.1 Å². The third kappa shape index (κ3) is 9.15. The second-order valence-electron chi connectivity index (χ2n) is 6.69. The minimum atomic E-state index is -1.42. The van der Waals surface area contributed by atoms with Gasteiger partial charge < -0.3 is 32.3 Å². The molecule has 1 rings (SSSR count). The molecule has 8 N–H and O–H groups in total. The standard InChI is InChI=1S/C19H26N4O7/c20-12(10-11-4-2-1-3-5-11)17(27)22-13(7-9-16(25)26)18(28)23-14(19(29)30)6-8-15(21)24/h1-5,12-14H,6-10,20H2,(H2,21,24)(H,22,27)(H,23,28)(H,25,26)(H,29,30)/t12-,13-,14-/m0/s1. The maximum absolute atomic E-state index is 12.5. The predicted octanol–water partition coefficient (Wildman–Crippen LogP) is -1.26. The molecule has 0 heterocycles. The first-order valence-electron chi connectivity index (χ1n) is 9.23. The zero-order valence-corrected chi connectivity index (χ0v) is 16.2. The number of nitrogens with one attached hydrogen (secondary N) is 2. The number of carbonyl (C=O) groups is 5. The first-order valence-corrected chi connectivity index (χ1v) is 9.23. The number of hydrogen-bond acceptors (Lipinski definition) is 6. The van der Waals surface area contributed by atoms with E-state index in [0.717, 1.165) is 5.56 Å². The number of benzene rings is 1. The number of amides is 3. The molecule has 0 aliphatic carbocycles. The number of rotatable bonds is 13. The molecule has 11 heteroatoms. The molecule has 0 aromatic heterocycles. The molecular weight excluding hydrogens is 396 g/mol. The average Bonchev–Trinajstić information content (AvgIpc) is 2.68. The van der Waals surface area contributed by atoms with E-state index in [1.54, 1.807) is 30.3 Å². The van der Waals surface area contributed by atoms with Crippen molar-refractivity contribution >= 4 is 29.7 Å². The van der Waals surface area contributed by atoms with Crippen LogP contribution in [0.2, 0.25) is 0 Å². The molecule has 0 spiro atoms. The van der Waals surface area contributed by atoms with Crippen LogP contribution in [-0.2, 0) is 30.4 Å². The molecule has 30 heavy (non-hydrogen) atoms. The number of carboxylic acids is 2. The summed E-state index contributed by atoms with van der Waals surface area (Å²) in [6.07, 6.45) is -1.04. The van der Waals surface area contributed by atoms with Crippen LogP contribution in [-0.4, -0.2) is 58.0 Å². The van der Waals surface area contributed by atoms with Crippen molar-refractivity contribution in [3.63, 3.8) is 0 Å². The van der Waals surface area contributed by atoms with Gasteiger partial charge in [-0.05, 0) is 24.8 Å². The Kier molecular flexibility index (Phi) is 9.97. The fourth-order valence-electron chi connectivity index (χ4n) is 2.59. The summed E-state index contributed by atoms with van der Waals surface area (Å²) in [7, 11) is 0. The van der Waals surface area contributed by atoms with Crippen LogP contribution < -0.4 is 22.1 Å². The molecule has 0 fully saturated rings. The smallest absolute Gasteiger partial charge is 0.326 e. The SMILES string of the molecule is NC(=O)CC[C@H](NC(=O)[C@H](CCC(=O)O)NC(=O)[C@@H](N)Cc1ccccc1)C(=O)O. The summed E-state index contributed by atoms with van der Waals surface area (Å²) in [5.41, 5.74) is 11.7. The molecule has 1 aromatic rings. The van der Waals surface area contributed by atoms with Crippen molar-refractivity contribution in [2.45, 2.75) is 50.2 Å². The minimum Gasteiger partial charge on any atom is -0.481 e. The van der Waals surface area contributed by atoms with E-state index >= 15 is 0 Å². The van der Waals surface area contributed by atoms with Gasteiger partial charge in [0.2, 0.25) is 17.7 Å². The van der Waals surface area contributed by atoms with Crippen molar-refractivity contribution in [3.8, 4) is 0 Å². The van der Waals surface area contributed by atoms with Crippen molar-refractivity contribution in [2.75, 3.05) is 0 Å². The van der Waals surface area contributed by atoms with Crippen molar-refractivity contribution in [3.05, 3.63) is 35.9 Å². The Bertz CT molecular complexity index is 769. The molecule has 3 amide bonds. The van der Waals surface area contributed by atoms with E-state index in [-0.39, 0.29) is 25.7 Å².